The molecule has 4 N–H and O–H groups in total. The fourth-order valence-corrected chi connectivity index (χ4v) is 8.58. The zero-order chi connectivity index (χ0) is 39.7. The van der Waals surface area contributed by atoms with Crippen LogP contribution in [0.5, 0.6) is 0 Å². The van der Waals surface area contributed by atoms with Gasteiger partial charge in [-0.05, 0) is 74.9 Å². The third kappa shape index (κ3) is 9.38. The largest absolute Gasteiger partial charge is 0.459 e. The van der Waals surface area contributed by atoms with Gasteiger partial charge in [-0.2, -0.15) is 0 Å². The molecule has 304 valence electrons. The number of cyclic esters (lactones) is 1. The molecule has 0 amide bonds. The Morgan fingerprint density at radius 1 is 0.846 bits per heavy atom. The number of carbonyl (C=O) groups is 2. The first-order valence-corrected chi connectivity index (χ1v) is 18.9. The van der Waals surface area contributed by atoms with Crippen molar-refractivity contribution in [3.8, 4) is 0 Å². The molecule has 2 unspecified atom stereocenters. The SMILES string of the molecule is CC[C@@H]1OC(=O)[C@H](C)[C@@H](OC2C[C@@](C)(OC)[C@@H](O)[C@H](C)O2)[C@H](C)[C@@H](O[C@@H]2O[C@H](C)C[C@H](N(C)C)[C@H]2O)C(C)(OC)C[C@@H](C)C(=O)[C@@H](C)[C@@H](O)[C@]1(C)O. The summed E-state index contributed by atoms with van der Waals surface area (Å²) in [5.41, 5.74) is -4.24. The second-order valence-corrected chi connectivity index (χ2v) is 16.6. The molecule has 14 nitrogen and oxygen atoms in total. The van der Waals surface area contributed by atoms with Crippen LogP contribution in [0, 0.1) is 23.7 Å². The van der Waals surface area contributed by atoms with E-state index in [0.29, 0.717) is 6.42 Å². The molecule has 3 aliphatic heterocycles. The highest BCUT2D eigenvalue weighted by Gasteiger charge is 2.54. The number of aliphatic hydroxyl groups excluding tert-OH is 3. The van der Waals surface area contributed by atoms with E-state index in [0.717, 1.165) is 0 Å². The highest BCUT2D eigenvalue weighted by Crippen LogP contribution is 2.41. The standard InChI is InChI=1S/C38H69NO13/c1-15-26-38(10,45)31(42)21(4)28(40)19(2)17-37(9,47-14)33(52-35-29(41)25(39(11)12)16-20(3)48-35)22(5)30(23(6)34(44)50-26)51-27-18-36(8,46-13)32(43)24(7)49-27/h19-27,29-33,35,41-43,45H,15-18H2,1-14H3/t19-,20-,21-,22+,23-,24+,25+,26+,27?,29-,30+,31-,32+,33-,35+,36-,37?,38-/m1/s1. The lowest BCUT2D eigenvalue weighted by atomic mass is 9.74. The molecule has 18 atom stereocenters. The number of aliphatic hydroxyl groups is 4. The van der Waals surface area contributed by atoms with Gasteiger partial charge in [0.15, 0.2) is 12.6 Å². The van der Waals surface area contributed by atoms with Crippen LogP contribution in [0.4, 0.5) is 0 Å². The van der Waals surface area contributed by atoms with E-state index in [9.17, 15) is 30.0 Å². The second kappa shape index (κ2) is 17.7. The molecule has 3 fully saturated rings. The summed E-state index contributed by atoms with van der Waals surface area (Å²) in [6.45, 7) is 17.1. The molecule has 0 aliphatic carbocycles. The number of likely N-dealkylation sites (N-methyl/N-ethyl adjacent to an activating group) is 1. The average molecular weight is 748 g/mol. The van der Waals surface area contributed by atoms with E-state index in [2.05, 4.69) is 0 Å². The number of methoxy groups -OCH3 is 2. The summed E-state index contributed by atoms with van der Waals surface area (Å²) >= 11 is 0. The fourth-order valence-electron chi connectivity index (χ4n) is 8.58. The fraction of sp³-hybridized carbons (Fsp3) is 0.947. The number of hydrogen-bond acceptors (Lipinski definition) is 14. The van der Waals surface area contributed by atoms with Gasteiger partial charge in [-0.25, -0.2) is 0 Å². The Labute approximate surface area is 310 Å². The quantitative estimate of drug-likeness (QED) is 0.266. The van der Waals surface area contributed by atoms with Crippen LogP contribution in [-0.4, -0.2) is 150 Å². The van der Waals surface area contributed by atoms with Gasteiger partial charge < -0.3 is 58.5 Å². The first-order valence-electron chi connectivity index (χ1n) is 18.9. The Morgan fingerprint density at radius 2 is 1.44 bits per heavy atom. The molecule has 0 spiro atoms. The lowest BCUT2D eigenvalue weighted by molar-refractivity contribution is -0.319. The van der Waals surface area contributed by atoms with Gasteiger partial charge in [-0.15, -0.1) is 0 Å². The molecule has 14 heteroatoms. The van der Waals surface area contributed by atoms with Crippen LogP contribution < -0.4 is 0 Å². The van der Waals surface area contributed by atoms with Crippen molar-refractivity contribution in [2.24, 2.45) is 23.7 Å². The molecular weight excluding hydrogens is 678 g/mol. The molecule has 0 radical (unpaired) electrons. The molecule has 0 aromatic rings. The number of rotatable bonds is 8. The predicted molar refractivity (Wildman–Crippen MR) is 191 cm³/mol. The van der Waals surface area contributed by atoms with E-state index in [1.54, 1.807) is 48.5 Å². The zero-order valence-corrected chi connectivity index (χ0v) is 33.9. The molecule has 0 aromatic heterocycles. The van der Waals surface area contributed by atoms with Crippen LogP contribution in [0.25, 0.3) is 0 Å². The van der Waals surface area contributed by atoms with Crippen molar-refractivity contribution in [2.45, 2.75) is 179 Å². The van der Waals surface area contributed by atoms with Crippen molar-refractivity contribution in [1.29, 1.82) is 0 Å². The molecule has 0 saturated carbocycles. The number of esters is 1. The zero-order valence-electron chi connectivity index (χ0n) is 33.9. The Kier molecular flexibility index (Phi) is 15.3. The molecule has 3 heterocycles. The number of ketones is 1. The maximum Gasteiger partial charge on any atom is 0.311 e. The van der Waals surface area contributed by atoms with Crippen LogP contribution in [0.1, 0.15) is 94.9 Å². The van der Waals surface area contributed by atoms with Gasteiger partial charge in [-0.3, -0.25) is 9.59 Å². The van der Waals surface area contributed by atoms with Crippen LogP contribution >= 0.6 is 0 Å². The van der Waals surface area contributed by atoms with E-state index in [-0.39, 0.29) is 37.2 Å². The van der Waals surface area contributed by atoms with Gasteiger partial charge in [0.05, 0.1) is 47.6 Å². The molecule has 3 rings (SSSR count). The normalized spacial score (nSPS) is 49.0. The van der Waals surface area contributed by atoms with E-state index in [1.165, 1.54) is 21.1 Å². The lowest BCUT2D eigenvalue weighted by Crippen LogP contribution is -2.61. The average Bonchev–Trinajstić information content (AvgIpc) is 3.09. The third-order valence-electron chi connectivity index (χ3n) is 12.3. The molecule has 3 aliphatic rings. The van der Waals surface area contributed by atoms with Crippen molar-refractivity contribution >= 4 is 11.8 Å². The first kappa shape index (κ1) is 45.1. The maximum atomic E-state index is 14.2. The van der Waals surface area contributed by atoms with Crippen LogP contribution in [0.3, 0.4) is 0 Å². The van der Waals surface area contributed by atoms with Crippen molar-refractivity contribution < 1.29 is 63.2 Å². The van der Waals surface area contributed by atoms with Gasteiger partial charge in [-0.1, -0.05) is 27.7 Å². The van der Waals surface area contributed by atoms with Gasteiger partial charge in [0.1, 0.15) is 29.7 Å². The second-order valence-electron chi connectivity index (χ2n) is 16.6. The third-order valence-corrected chi connectivity index (χ3v) is 12.3. The highest BCUT2D eigenvalue weighted by molar-refractivity contribution is 5.83. The minimum absolute atomic E-state index is 0.111. The van der Waals surface area contributed by atoms with Crippen LogP contribution in [0.2, 0.25) is 0 Å². The predicted octanol–water partition coefficient (Wildman–Crippen LogP) is 2.44. The Balaban J connectivity index is 2.22. The minimum Gasteiger partial charge on any atom is -0.459 e. The number of Topliss-reactive ketones (excluding diaryl/α,β-unsaturated/α-hetero) is 1. The number of ether oxygens (including phenoxy) is 7. The molecule has 3 saturated heterocycles. The molecular formula is C38H69NO13. The highest BCUT2D eigenvalue weighted by atomic mass is 16.7. The van der Waals surface area contributed by atoms with Crippen molar-refractivity contribution in [1.82, 2.24) is 4.90 Å². The van der Waals surface area contributed by atoms with E-state index >= 15 is 0 Å². The van der Waals surface area contributed by atoms with Crippen LogP contribution in [0.15, 0.2) is 0 Å². The first-order chi connectivity index (χ1) is 24.0. The van der Waals surface area contributed by atoms with Crippen molar-refractivity contribution in [3.05, 3.63) is 0 Å². The van der Waals surface area contributed by atoms with Gasteiger partial charge in [0.2, 0.25) is 0 Å². The summed E-state index contributed by atoms with van der Waals surface area (Å²) in [7, 11) is 6.77. The van der Waals surface area contributed by atoms with Gasteiger partial charge >= 0.3 is 5.97 Å². The molecule has 0 aromatic carbocycles. The number of nitrogens with zero attached hydrogens (tertiary/aromatic N) is 1. The Morgan fingerprint density at radius 3 is 1.98 bits per heavy atom. The summed E-state index contributed by atoms with van der Waals surface area (Å²) in [5, 5.41) is 45.6. The number of hydrogen-bond donors (Lipinski definition) is 4. The lowest BCUT2D eigenvalue weighted by Gasteiger charge is -2.50. The Hall–Kier alpha value is -1.30. The smallest absolute Gasteiger partial charge is 0.311 e. The summed E-state index contributed by atoms with van der Waals surface area (Å²) in [6.07, 6.45) is -8.73. The summed E-state index contributed by atoms with van der Waals surface area (Å²) in [6, 6.07) is -0.283. The van der Waals surface area contributed by atoms with Crippen LogP contribution in [-0.2, 0) is 42.7 Å². The maximum absolute atomic E-state index is 14.2. The van der Waals surface area contributed by atoms with Crippen molar-refractivity contribution in [3.63, 3.8) is 0 Å². The van der Waals surface area contributed by atoms with Gasteiger partial charge in [0.25, 0.3) is 0 Å². The molecule has 52 heavy (non-hydrogen) atoms. The Bertz CT molecular complexity index is 1190. The summed E-state index contributed by atoms with van der Waals surface area (Å²) in [5.74, 6) is -4.47. The summed E-state index contributed by atoms with van der Waals surface area (Å²) in [4.78, 5) is 30.1. The van der Waals surface area contributed by atoms with Gasteiger partial charge in [0, 0.05) is 44.4 Å². The summed E-state index contributed by atoms with van der Waals surface area (Å²) < 4.78 is 43.9. The van der Waals surface area contributed by atoms with E-state index < -0.39 is 102 Å². The number of carbonyl (C=O) groups excluding carboxylic acids is 2. The van der Waals surface area contributed by atoms with E-state index in [1.807, 2.05) is 32.8 Å². The van der Waals surface area contributed by atoms with E-state index in [4.69, 9.17) is 33.2 Å². The topological polar surface area (TPSA) is 183 Å². The monoisotopic (exact) mass is 747 g/mol. The minimum atomic E-state index is -1.96. The van der Waals surface area contributed by atoms with Crippen molar-refractivity contribution in [2.75, 3.05) is 28.3 Å². The molecule has 0 bridgehead atoms.